The van der Waals surface area contributed by atoms with Gasteiger partial charge in [0.2, 0.25) is 0 Å². The van der Waals surface area contributed by atoms with Crippen molar-refractivity contribution in [2.75, 3.05) is 18.8 Å². The molecule has 3 nitrogen and oxygen atoms in total. The van der Waals surface area contributed by atoms with Gasteiger partial charge in [-0.05, 0) is 18.7 Å². The van der Waals surface area contributed by atoms with Gasteiger partial charge in [0.15, 0.2) is 9.84 Å². The average Bonchev–Trinajstić information content (AvgIpc) is 2.18. The van der Waals surface area contributed by atoms with Crippen molar-refractivity contribution in [3.8, 4) is 0 Å². The van der Waals surface area contributed by atoms with E-state index in [4.69, 9.17) is 11.6 Å². The summed E-state index contributed by atoms with van der Waals surface area (Å²) < 4.78 is 23.6. The summed E-state index contributed by atoms with van der Waals surface area (Å²) in [5.41, 5.74) is 0. The molecule has 1 aromatic rings. The van der Waals surface area contributed by atoms with Gasteiger partial charge in [0.05, 0.1) is 15.7 Å². The highest BCUT2D eigenvalue weighted by atomic mass is 35.5. The first-order valence-corrected chi connectivity index (χ1v) is 6.79. The minimum absolute atomic E-state index is 0.0740. The van der Waals surface area contributed by atoms with Gasteiger partial charge in [-0.1, -0.05) is 30.7 Å². The molecule has 0 aliphatic heterocycles. The SMILES string of the molecule is CCNCCS(=O)(=O)c1ccccc1Cl. The molecule has 0 atom stereocenters. The van der Waals surface area contributed by atoms with Gasteiger partial charge in [-0.3, -0.25) is 0 Å². The summed E-state index contributed by atoms with van der Waals surface area (Å²) in [7, 11) is -3.26. The molecular formula is C10H14ClNO2S. The van der Waals surface area contributed by atoms with E-state index < -0.39 is 9.84 Å². The lowest BCUT2D eigenvalue weighted by atomic mass is 10.4. The first-order valence-electron chi connectivity index (χ1n) is 4.76. The van der Waals surface area contributed by atoms with Crippen LogP contribution in [-0.2, 0) is 9.84 Å². The maximum absolute atomic E-state index is 11.8. The summed E-state index contributed by atoms with van der Waals surface area (Å²) in [5, 5.41) is 3.26. The molecule has 0 spiro atoms. The molecule has 0 unspecified atom stereocenters. The van der Waals surface area contributed by atoms with Gasteiger partial charge in [-0.15, -0.1) is 0 Å². The van der Waals surface area contributed by atoms with E-state index in [2.05, 4.69) is 5.32 Å². The Bertz CT molecular complexity index is 417. The standard InChI is InChI=1S/C10H14ClNO2S/c1-2-12-7-8-15(13,14)10-6-4-3-5-9(10)11/h3-6,12H,2,7-8H2,1H3. The Morgan fingerprint density at radius 2 is 2.00 bits per heavy atom. The zero-order valence-electron chi connectivity index (χ0n) is 8.53. The van der Waals surface area contributed by atoms with Gasteiger partial charge in [-0.25, -0.2) is 8.42 Å². The normalized spacial score (nSPS) is 11.6. The van der Waals surface area contributed by atoms with Crippen LogP contribution in [0, 0.1) is 0 Å². The lowest BCUT2D eigenvalue weighted by Gasteiger charge is -2.06. The number of hydrogen-bond acceptors (Lipinski definition) is 3. The fraction of sp³-hybridized carbons (Fsp3) is 0.400. The Kier molecular flexibility index (Phi) is 4.57. The number of nitrogens with one attached hydrogen (secondary N) is 1. The summed E-state index contributed by atoms with van der Waals surface area (Å²) in [6.45, 7) is 3.14. The van der Waals surface area contributed by atoms with Crippen molar-refractivity contribution in [3.05, 3.63) is 29.3 Å². The van der Waals surface area contributed by atoms with Crippen LogP contribution in [0.5, 0.6) is 0 Å². The molecule has 0 aliphatic rings. The maximum atomic E-state index is 11.8. The molecule has 0 radical (unpaired) electrons. The van der Waals surface area contributed by atoms with Crippen molar-refractivity contribution in [2.45, 2.75) is 11.8 Å². The second kappa shape index (κ2) is 5.49. The minimum Gasteiger partial charge on any atom is -0.316 e. The fourth-order valence-electron chi connectivity index (χ4n) is 1.19. The lowest BCUT2D eigenvalue weighted by Crippen LogP contribution is -2.22. The van der Waals surface area contributed by atoms with E-state index in [1.807, 2.05) is 6.92 Å². The largest absolute Gasteiger partial charge is 0.316 e. The summed E-state index contributed by atoms with van der Waals surface area (Å²) in [6, 6.07) is 6.50. The third kappa shape index (κ3) is 3.48. The van der Waals surface area contributed by atoms with Gasteiger partial charge in [0, 0.05) is 6.54 Å². The number of halogens is 1. The Balaban J connectivity index is 2.83. The molecule has 1 rings (SSSR count). The molecule has 5 heteroatoms. The van der Waals surface area contributed by atoms with E-state index in [1.165, 1.54) is 6.07 Å². The van der Waals surface area contributed by atoms with Crippen LogP contribution in [0.2, 0.25) is 5.02 Å². The molecule has 84 valence electrons. The van der Waals surface area contributed by atoms with Crippen molar-refractivity contribution in [1.82, 2.24) is 5.32 Å². The molecule has 0 amide bonds. The van der Waals surface area contributed by atoms with Crippen molar-refractivity contribution in [1.29, 1.82) is 0 Å². The van der Waals surface area contributed by atoms with Crippen molar-refractivity contribution in [2.24, 2.45) is 0 Å². The van der Waals surface area contributed by atoms with E-state index in [0.29, 0.717) is 6.54 Å². The fourth-order valence-corrected chi connectivity index (χ4v) is 2.96. The predicted octanol–water partition coefficient (Wildman–Crippen LogP) is 1.72. The first kappa shape index (κ1) is 12.5. The second-order valence-corrected chi connectivity index (χ2v) is 5.59. The molecule has 0 aliphatic carbocycles. The third-order valence-corrected chi connectivity index (χ3v) is 4.18. The topological polar surface area (TPSA) is 46.2 Å². The highest BCUT2D eigenvalue weighted by Crippen LogP contribution is 2.21. The molecule has 1 N–H and O–H groups in total. The molecule has 15 heavy (non-hydrogen) atoms. The molecule has 0 fully saturated rings. The Morgan fingerprint density at radius 1 is 1.33 bits per heavy atom. The molecule has 0 bridgehead atoms. The molecule has 0 aromatic heterocycles. The molecule has 1 aromatic carbocycles. The third-order valence-electron chi connectivity index (χ3n) is 1.97. The number of hydrogen-bond donors (Lipinski definition) is 1. The number of rotatable bonds is 5. The zero-order chi connectivity index (χ0) is 11.3. The van der Waals surface area contributed by atoms with Crippen LogP contribution in [0.25, 0.3) is 0 Å². The van der Waals surface area contributed by atoms with Crippen LogP contribution >= 0.6 is 11.6 Å². The summed E-state index contributed by atoms with van der Waals surface area (Å²) in [5.74, 6) is 0.0740. The first-order chi connectivity index (χ1) is 7.08. The predicted molar refractivity (Wildman–Crippen MR) is 62.0 cm³/mol. The summed E-state index contributed by atoms with van der Waals surface area (Å²) >= 11 is 5.82. The van der Waals surface area contributed by atoms with Crippen LogP contribution < -0.4 is 5.32 Å². The van der Waals surface area contributed by atoms with Gasteiger partial charge in [0.25, 0.3) is 0 Å². The van der Waals surface area contributed by atoms with Crippen molar-refractivity contribution < 1.29 is 8.42 Å². The second-order valence-electron chi connectivity index (χ2n) is 3.10. The smallest absolute Gasteiger partial charge is 0.181 e. The van der Waals surface area contributed by atoms with Crippen molar-refractivity contribution in [3.63, 3.8) is 0 Å². The van der Waals surface area contributed by atoms with Gasteiger partial charge in [-0.2, -0.15) is 0 Å². The molecular weight excluding hydrogens is 234 g/mol. The van der Waals surface area contributed by atoms with E-state index in [1.54, 1.807) is 18.2 Å². The van der Waals surface area contributed by atoms with Gasteiger partial charge < -0.3 is 5.32 Å². The Morgan fingerprint density at radius 3 is 2.60 bits per heavy atom. The van der Waals surface area contributed by atoms with E-state index in [9.17, 15) is 8.42 Å². The number of sulfone groups is 1. The van der Waals surface area contributed by atoms with Crippen LogP contribution in [0.1, 0.15) is 6.92 Å². The average molecular weight is 248 g/mol. The van der Waals surface area contributed by atoms with Crippen LogP contribution in [0.15, 0.2) is 29.2 Å². The quantitative estimate of drug-likeness (QED) is 0.806. The lowest BCUT2D eigenvalue weighted by molar-refractivity contribution is 0.592. The van der Waals surface area contributed by atoms with E-state index in [0.717, 1.165) is 6.54 Å². The van der Waals surface area contributed by atoms with Gasteiger partial charge >= 0.3 is 0 Å². The monoisotopic (exact) mass is 247 g/mol. The molecule has 0 saturated carbocycles. The highest BCUT2D eigenvalue weighted by molar-refractivity contribution is 7.91. The zero-order valence-corrected chi connectivity index (χ0v) is 10.1. The van der Waals surface area contributed by atoms with Crippen LogP contribution in [0.3, 0.4) is 0 Å². The van der Waals surface area contributed by atoms with Crippen LogP contribution in [0.4, 0.5) is 0 Å². The van der Waals surface area contributed by atoms with Gasteiger partial charge in [0.1, 0.15) is 0 Å². The van der Waals surface area contributed by atoms with Crippen molar-refractivity contribution >= 4 is 21.4 Å². The number of benzene rings is 1. The minimum atomic E-state index is -3.26. The summed E-state index contributed by atoms with van der Waals surface area (Å²) in [6.07, 6.45) is 0. The Hall–Kier alpha value is -0.580. The molecule has 0 saturated heterocycles. The summed E-state index contributed by atoms with van der Waals surface area (Å²) in [4.78, 5) is 0.213. The van der Waals surface area contributed by atoms with Crippen LogP contribution in [-0.4, -0.2) is 27.3 Å². The maximum Gasteiger partial charge on any atom is 0.181 e. The molecule has 0 heterocycles. The van der Waals surface area contributed by atoms with E-state index >= 15 is 0 Å². The Labute approximate surface area is 95.4 Å². The highest BCUT2D eigenvalue weighted by Gasteiger charge is 2.16. The van der Waals surface area contributed by atoms with E-state index in [-0.39, 0.29) is 15.7 Å².